The van der Waals surface area contributed by atoms with Crippen LogP contribution in [0.5, 0.6) is 0 Å². The number of rotatable bonds is 1. The molecule has 1 fully saturated rings. The summed E-state index contributed by atoms with van der Waals surface area (Å²) in [4.78, 5) is 11.4. The zero-order valence-corrected chi connectivity index (χ0v) is 10.4. The van der Waals surface area contributed by atoms with Crippen molar-refractivity contribution in [2.24, 2.45) is 0 Å². The lowest BCUT2D eigenvalue weighted by Gasteiger charge is -2.23. The van der Waals surface area contributed by atoms with Gasteiger partial charge >= 0.3 is 0 Å². The summed E-state index contributed by atoms with van der Waals surface area (Å²) in [5.41, 5.74) is 3.94. The van der Waals surface area contributed by atoms with Gasteiger partial charge in [0.15, 0.2) is 0 Å². The van der Waals surface area contributed by atoms with Crippen LogP contribution >= 0.6 is 0 Å². The minimum absolute atomic E-state index is 0.503. The number of fused-ring (bicyclic) bond motifs is 5. The molecule has 3 heterocycles. The third-order valence-electron chi connectivity index (χ3n) is 4.13. The lowest BCUT2D eigenvalue weighted by Crippen LogP contribution is -2.19. The Balaban J connectivity index is 1.80. The zero-order chi connectivity index (χ0) is 12.1. The smallest absolute Gasteiger partial charge is 0.148 e. The van der Waals surface area contributed by atoms with E-state index in [1.54, 1.807) is 0 Å². The first-order chi connectivity index (χ1) is 8.84. The Labute approximate surface area is 107 Å². The van der Waals surface area contributed by atoms with Crippen LogP contribution < -0.4 is 4.90 Å². The van der Waals surface area contributed by atoms with Gasteiger partial charge in [0.25, 0.3) is 0 Å². The van der Waals surface area contributed by atoms with Gasteiger partial charge in [-0.3, -0.25) is 4.98 Å². The van der Waals surface area contributed by atoms with Gasteiger partial charge in [-0.2, -0.15) is 0 Å². The average Bonchev–Trinajstić information content (AvgIpc) is 2.97. The molecule has 3 nitrogen and oxygen atoms in total. The second-order valence-electron chi connectivity index (χ2n) is 5.16. The lowest BCUT2D eigenvalue weighted by molar-refractivity contribution is 0.717. The Kier molecular flexibility index (Phi) is 1.98. The molecule has 90 valence electrons. The van der Waals surface area contributed by atoms with Gasteiger partial charge in [-0.15, -0.1) is 0 Å². The largest absolute Gasteiger partial charge is 0.341 e. The van der Waals surface area contributed by atoms with Gasteiger partial charge in [0.05, 0.1) is 30.2 Å². The molecule has 2 aliphatic heterocycles. The van der Waals surface area contributed by atoms with Gasteiger partial charge in [-0.05, 0) is 30.9 Å². The maximum atomic E-state index is 4.55. The summed E-state index contributed by atoms with van der Waals surface area (Å²) in [5, 5.41) is 0. The molecule has 0 saturated carbocycles. The van der Waals surface area contributed by atoms with Crippen LogP contribution in [-0.4, -0.2) is 9.97 Å². The predicted octanol–water partition coefficient (Wildman–Crippen LogP) is 3.18. The molecule has 2 aromatic rings. The van der Waals surface area contributed by atoms with Crippen molar-refractivity contribution in [2.75, 3.05) is 4.90 Å². The highest BCUT2D eigenvalue weighted by Gasteiger charge is 2.44. The van der Waals surface area contributed by atoms with Crippen molar-refractivity contribution in [1.82, 2.24) is 9.97 Å². The van der Waals surface area contributed by atoms with E-state index in [9.17, 15) is 0 Å². The summed E-state index contributed by atoms with van der Waals surface area (Å²) in [7, 11) is 0. The molecule has 2 atom stereocenters. The SMILES string of the molecule is Cc1cnc(N2C3CCC2c2ccccc23)cn1. The van der Waals surface area contributed by atoms with Gasteiger partial charge in [-0.25, -0.2) is 4.98 Å². The predicted molar refractivity (Wildman–Crippen MR) is 70.4 cm³/mol. The Morgan fingerprint density at radius 3 is 2.22 bits per heavy atom. The van der Waals surface area contributed by atoms with Crippen LogP contribution in [0.3, 0.4) is 0 Å². The minimum Gasteiger partial charge on any atom is -0.341 e. The topological polar surface area (TPSA) is 29.0 Å². The second kappa shape index (κ2) is 3.55. The molecule has 1 saturated heterocycles. The van der Waals surface area contributed by atoms with E-state index in [2.05, 4.69) is 39.1 Å². The Morgan fingerprint density at radius 2 is 1.67 bits per heavy atom. The molecule has 3 heteroatoms. The second-order valence-corrected chi connectivity index (χ2v) is 5.16. The molecular formula is C15H15N3. The zero-order valence-electron chi connectivity index (χ0n) is 10.4. The van der Waals surface area contributed by atoms with Crippen LogP contribution in [0.15, 0.2) is 36.7 Å². The number of anilines is 1. The average molecular weight is 237 g/mol. The van der Waals surface area contributed by atoms with Crippen LogP contribution in [0, 0.1) is 6.92 Å². The van der Waals surface area contributed by atoms with Crippen molar-refractivity contribution < 1.29 is 0 Å². The fraction of sp³-hybridized carbons (Fsp3) is 0.333. The van der Waals surface area contributed by atoms with E-state index in [4.69, 9.17) is 0 Å². The summed E-state index contributed by atoms with van der Waals surface area (Å²) in [5.74, 6) is 1.02. The maximum Gasteiger partial charge on any atom is 0.148 e. The monoisotopic (exact) mass is 237 g/mol. The molecular weight excluding hydrogens is 222 g/mol. The molecule has 0 aliphatic carbocycles. The number of aromatic nitrogens is 2. The standard InChI is InChI=1S/C15H15N3/c1-10-8-17-15(9-16-10)18-13-6-7-14(18)12-5-3-2-4-11(12)13/h2-5,8-9,13-14H,6-7H2,1H3. The maximum absolute atomic E-state index is 4.55. The van der Waals surface area contributed by atoms with E-state index < -0.39 is 0 Å². The summed E-state index contributed by atoms with van der Waals surface area (Å²) in [6, 6.07) is 9.80. The molecule has 2 unspecified atom stereocenters. The third-order valence-corrected chi connectivity index (χ3v) is 4.13. The first-order valence-electron chi connectivity index (χ1n) is 6.50. The summed E-state index contributed by atoms with van der Waals surface area (Å²) >= 11 is 0. The van der Waals surface area contributed by atoms with Crippen molar-refractivity contribution >= 4 is 5.82 Å². The highest BCUT2D eigenvalue weighted by Crippen LogP contribution is 2.54. The highest BCUT2D eigenvalue weighted by atomic mass is 15.3. The van der Waals surface area contributed by atoms with Crippen LogP contribution in [0.4, 0.5) is 5.82 Å². The minimum atomic E-state index is 0.503. The molecule has 1 aromatic carbocycles. The van der Waals surface area contributed by atoms with E-state index in [1.165, 1.54) is 24.0 Å². The van der Waals surface area contributed by atoms with Crippen molar-refractivity contribution in [3.05, 3.63) is 53.5 Å². The first-order valence-corrected chi connectivity index (χ1v) is 6.50. The Hall–Kier alpha value is -1.90. The number of benzene rings is 1. The van der Waals surface area contributed by atoms with Crippen LogP contribution in [0.2, 0.25) is 0 Å². The molecule has 18 heavy (non-hydrogen) atoms. The van der Waals surface area contributed by atoms with Crippen LogP contribution in [-0.2, 0) is 0 Å². The van der Waals surface area contributed by atoms with E-state index in [0.717, 1.165) is 11.5 Å². The van der Waals surface area contributed by atoms with Crippen molar-refractivity contribution in [2.45, 2.75) is 31.8 Å². The summed E-state index contributed by atoms with van der Waals surface area (Å²) in [6.07, 6.45) is 6.23. The number of hydrogen-bond donors (Lipinski definition) is 0. The summed E-state index contributed by atoms with van der Waals surface area (Å²) in [6.45, 7) is 1.98. The van der Waals surface area contributed by atoms with E-state index in [-0.39, 0.29) is 0 Å². The number of aryl methyl sites for hydroxylation is 1. The van der Waals surface area contributed by atoms with Crippen LogP contribution in [0.1, 0.15) is 41.7 Å². The molecule has 2 aliphatic rings. The fourth-order valence-electron chi connectivity index (χ4n) is 3.38. The number of hydrogen-bond acceptors (Lipinski definition) is 3. The van der Waals surface area contributed by atoms with Gasteiger partial charge < -0.3 is 4.90 Å². The normalized spacial score (nSPS) is 24.4. The molecule has 4 rings (SSSR count). The Bertz CT molecular complexity index is 560. The van der Waals surface area contributed by atoms with E-state index >= 15 is 0 Å². The third kappa shape index (κ3) is 1.24. The molecule has 0 radical (unpaired) electrons. The first kappa shape index (κ1) is 10.1. The molecule has 1 aromatic heterocycles. The van der Waals surface area contributed by atoms with E-state index in [0.29, 0.717) is 12.1 Å². The molecule has 0 N–H and O–H groups in total. The molecule has 0 spiro atoms. The van der Waals surface area contributed by atoms with Crippen molar-refractivity contribution in [3.63, 3.8) is 0 Å². The summed E-state index contributed by atoms with van der Waals surface area (Å²) < 4.78 is 0. The van der Waals surface area contributed by atoms with Gasteiger partial charge in [0.2, 0.25) is 0 Å². The van der Waals surface area contributed by atoms with Gasteiger partial charge in [0, 0.05) is 0 Å². The van der Waals surface area contributed by atoms with Gasteiger partial charge in [-0.1, -0.05) is 24.3 Å². The lowest BCUT2D eigenvalue weighted by atomic mass is 9.92. The van der Waals surface area contributed by atoms with E-state index in [1.807, 2.05) is 19.3 Å². The Morgan fingerprint density at radius 1 is 1.00 bits per heavy atom. The quantitative estimate of drug-likeness (QED) is 0.762. The fourth-order valence-corrected chi connectivity index (χ4v) is 3.38. The van der Waals surface area contributed by atoms with Gasteiger partial charge in [0.1, 0.15) is 5.82 Å². The van der Waals surface area contributed by atoms with Crippen molar-refractivity contribution in [3.8, 4) is 0 Å². The highest BCUT2D eigenvalue weighted by molar-refractivity contribution is 5.55. The van der Waals surface area contributed by atoms with Crippen molar-refractivity contribution in [1.29, 1.82) is 0 Å². The number of nitrogens with zero attached hydrogens (tertiary/aromatic N) is 3. The molecule has 0 amide bonds. The van der Waals surface area contributed by atoms with Crippen LogP contribution in [0.25, 0.3) is 0 Å². The molecule has 2 bridgehead atoms.